The predicted octanol–water partition coefficient (Wildman–Crippen LogP) is 4.77. The van der Waals surface area contributed by atoms with E-state index in [-0.39, 0.29) is 22.5 Å². The van der Waals surface area contributed by atoms with Crippen molar-refractivity contribution in [2.24, 2.45) is 5.41 Å². The second-order valence-corrected chi connectivity index (χ2v) is 8.80. The van der Waals surface area contributed by atoms with E-state index in [1.54, 1.807) is 0 Å². The van der Waals surface area contributed by atoms with E-state index in [1.165, 1.54) is 18.2 Å². The Morgan fingerprint density at radius 2 is 1.60 bits per heavy atom. The Balaban J connectivity index is 2.37. The predicted molar refractivity (Wildman–Crippen MR) is 99.9 cm³/mol. The third-order valence-corrected chi connectivity index (χ3v) is 5.65. The van der Waals surface area contributed by atoms with Crippen LogP contribution in [0.2, 0.25) is 0 Å². The summed E-state index contributed by atoms with van der Waals surface area (Å²) in [7, 11) is 1.42. The molecule has 1 aliphatic heterocycles. The number of benzene rings is 1. The second-order valence-electron chi connectivity index (χ2n) is 8.80. The van der Waals surface area contributed by atoms with Crippen LogP contribution >= 0.6 is 0 Å². The molecule has 1 heterocycles. The molecule has 0 saturated heterocycles. The number of methoxy groups -OCH3 is 1. The molecule has 2 rings (SSSR count). The molecular formula is C21H33NO3. The summed E-state index contributed by atoms with van der Waals surface area (Å²) < 4.78 is 5.04. The van der Waals surface area contributed by atoms with Crippen LogP contribution in [0, 0.1) is 5.41 Å². The highest BCUT2D eigenvalue weighted by atomic mass is 16.7. The lowest BCUT2D eigenvalue weighted by Gasteiger charge is -2.42. The summed E-state index contributed by atoms with van der Waals surface area (Å²) in [5.74, 6) is -0.316. The van der Waals surface area contributed by atoms with Gasteiger partial charge in [0, 0.05) is 0 Å². The smallest absolute Gasteiger partial charge is 0.337 e. The second kappa shape index (κ2) is 6.73. The SMILES string of the molecule is CCC(C)(C)CC(ON1C(C)(C)c2ccccc2C1(C)C)C(=O)OC. The lowest BCUT2D eigenvalue weighted by molar-refractivity contribution is -0.290. The Bertz CT molecular complexity index is 599. The molecule has 4 heteroatoms. The number of nitrogens with zero attached hydrogens (tertiary/aromatic N) is 1. The monoisotopic (exact) mass is 347 g/mol. The van der Waals surface area contributed by atoms with Gasteiger partial charge in [-0.05, 0) is 50.7 Å². The van der Waals surface area contributed by atoms with Gasteiger partial charge in [0.2, 0.25) is 0 Å². The molecule has 0 spiro atoms. The summed E-state index contributed by atoms with van der Waals surface area (Å²) in [6.45, 7) is 15.0. The van der Waals surface area contributed by atoms with E-state index in [0.29, 0.717) is 6.42 Å². The van der Waals surface area contributed by atoms with Crippen molar-refractivity contribution in [1.82, 2.24) is 5.06 Å². The summed E-state index contributed by atoms with van der Waals surface area (Å²) in [6.07, 6.45) is 0.972. The zero-order valence-electron chi connectivity index (χ0n) is 17.0. The Labute approximate surface area is 152 Å². The molecule has 0 fully saturated rings. The van der Waals surface area contributed by atoms with Gasteiger partial charge in [-0.25, -0.2) is 4.79 Å². The maximum absolute atomic E-state index is 12.4. The molecule has 1 unspecified atom stereocenters. The number of ether oxygens (including phenoxy) is 1. The van der Waals surface area contributed by atoms with E-state index in [2.05, 4.69) is 72.7 Å². The van der Waals surface area contributed by atoms with Gasteiger partial charge >= 0.3 is 5.97 Å². The quantitative estimate of drug-likeness (QED) is 0.695. The lowest BCUT2D eigenvalue weighted by atomic mass is 9.84. The van der Waals surface area contributed by atoms with E-state index >= 15 is 0 Å². The fourth-order valence-electron chi connectivity index (χ4n) is 3.80. The zero-order valence-corrected chi connectivity index (χ0v) is 17.0. The first kappa shape index (κ1) is 19.9. The number of hydrogen-bond acceptors (Lipinski definition) is 4. The summed E-state index contributed by atoms with van der Waals surface area (Å²) in [6, 6.07) is 8.39. The molecule has 1 aliphatic rings. The van der Waals surface area contributed by atoms with Gasteiger partial charge in [-0.15, -0.1) is 0 Å². The Morgan fingerprint density at radius 1 is 1.12 bits per heavy atom. The first-order valence-electron chi connectivity index (χ1n) is 9.12. The highest BCUT2D eigenvalue weighted by molar-refractivity contribution is 5.74. The average Bonchev–Trinajstić information content (AvgIpc) is 2.71. The van der Waals surface area contributed by atoms with Crippen molar-refractivity contribution >= 4 is 5.97 Å². The van der Waals surface area contributed by atoms with E-state index in [9.17, 15) is 4.79 Å². The minimum Gasteiger partial charge on any atom is -0.467 e. The highest BCUT2D eigenvalue weighted by Gasteiger charge is 2.51. The van der Waals surface area contributed by atoms with Gasteiger partial charge in [-0.1, -0.05) is 51.5 Å². The molecule has 140 valence electrons. The van der Waals surface area contributed by atoms with Gasteiger partial charge in [-0.2, -0.15) is 5.06 Å². The molecule has 0 N–H and O–H groups in total. The minimum atomic E-state index is -0.618. The molecule has 1 atom stereocenters. The topological polar surface area (TPSA) is 38.8 Å². The van der Waals surface area contributed by atoms with Crippen molar-refractivity contribution in [2.45, 2.75) is 78.5 Å². The van der Waals surface area contributed by atoms with Gasteiger partial charge in [0.15, 0.2) is 6.10 Å². The maximum Gasteiger partial charge on any atom is 0.337 e. The maximum atomic E-state index is 12.4. The normalized spacial score (nSPS) is 20.2. The molecule has 0 radical (unpaired) electrons. The third-order valence-electron chi connectivity index (χ3n) is 5.65. The molecule has 0 aromatic heterocycles. The van der Waals surface area contributed by atoms with Crippen LogP contribution in [0.4, 0.5) is 0 Å². The third kappa shape index (κ3) is 3.61. The number of hydrogen-bond donors (Lipinski definition) is 0. The number of carbonyl (C=O) groups is 1. The Kier molecular flexibility index (Phi) is 5.36. The lowest BCUT2D eigenvalue weighted by Crippen LogP contribution is -2.49. The molecular weight excluding hydrogens is 314 g/mol. The number of esters is 1. The van der Waals surface area contributed by atoms with Crippen LogP contribution in [-0.4, -0.2) is 24.2 Å². The summed E-state index contributed by atoms with van der Waals surface area (Å²) in [4.78, 5) is 18.8. The number of carbonyl (C=O) groups excluding carboxylic acids is 1. The first-order valence-corrected chi connectivity index (χ1v) is 9.12. The number of hydroxylamine groups is 2. The van der Waals surface area contributed by atoms with Crippen LogP contribution in [0.1, 0.15) is 72.4 Å². The number of fused-ring (bicyclic) bond motifs is 1. The summed E-state index contributed by atoms with van der Waals surface area (Å²) in [5.41, 5.74) is 1.81. The van der Waals surface area contributed by atoms with Crippen molar-refractivity contribution in [3.63, 3.8) is 0 Å². The molecule has 0 amide bonds. The van der Waals surface area contributed by atoms with Crippen molar-refractivity contribution in [2.75, 3.05) is 7.11 Å². The standard InChI is InChI=1S/C21H33NO3/c1-9-19(2,3)14-17(18(23)24-8)25-22-20(4,5)15-12-10-11-13-16(15)21(22,6)7/h10-13,17H,9,14H2,1-8H3. The highest BCUT2D eigenvalue weighted by Crippen LogP contribution is 2.50. The van der Waals surface area contributed by atoms with Crippen molar-refractivity contribution in [1.29, 1.82) is 0 Å². The van der Waals surface area contributed by atoms with Gasteiger partial charge in [0.1, 0.15) is 0 Å². The van der Waals surface area contributed by atoms with Crippen LogP contribution in [0.15, 0.2) is 24.3 Å². The molecule has 4 nitrogen and oxygen atoms in total. The Hall–Kier alpha value is -1.39. The van der Waals surface area contributed by atoms with Gasteiger partial charge < -0.3 is 4.74 Å². The fraction of sp³-hybridized carbons (Fsp3) is 0.667. The molecule has 0 bridgehead atoms. The van der Waals surface area contributed by atoms with Gasteiger partial charge in [-0.3, -0.25) is 4.84 Å². The largest absolute Gasteiger partial charge is 0.467 e. The molecule has 25 heavy (non-hydrogen) atoms. The number of rotatable bonds is 6. The fourth-order valence-corrected chi connectivity index (χ4v) is 3.80. The summed E-state index contributed by atoms with van der Waals surface area (Å²) >= 11 is 0. The van der Waals surface area contributed by atoms with Gasteiger partial charge in [0.05, 0.1) is 18.2 Å². The van der Waals surface area contributed by atoms with Crippen molar-refractivity contribution in [3.05, 3.63) is 35.4 Å². The van der Waals surface area contributed by atoms with Gasteiger partial charge in [0.25, 0.3) is 0 Å². The zero-order chi connectivity index (χ0) is 19.0. The molecule has 0 aliphatic carbocycles. The first-order chi connectivity index (χ1) is 11.5. The average molecular weight is 347 g/mol. The molecule has 0 saturated carbocycles. The van der Waals surface area contributed by atoms with Crippen LogP contribution in [0.3, 0.4) is 0 Å². The van der Waals surface area contributed by atoms with E-state index in [0.717, 1.165) is 6.42 Å². The minimum absolute atomic E-state index is 0.000280. The molecule has 1 aromatic rings. The van der Waals surface area contributed by atoms with Crippen LogP contribution in [0.5, 0.6) is 0 Å². The van der Waals surface area contributed by atoms with Crippen LogP contribution in [0.25, 0.3) is 0 Å². The van der Waals surface area contributed by atoms with Crippen LogP contribution < -0.4 is 0 Å². The van der Waals surface area contributed by atoms with E-state index < -0.39 is 6.10 Å². The Morgan fingerprint density at radius 3 is 2.00 bits per heavy atom. The molecule has 1 aromatic carbocycles. The van der Waals surface area contributed by atoms with Crippen LogP contribution in [-0.2, 0) is 25.4 Å². The van der Waals surface area contributed by atoms with Crippen molar-refractivity contribution < 1.29 is 14.4 Å². The van der Waals surface area contributed by atoms with E-state index in [4.69, 9.17) is 9.57 Å². The summed E-state index contributed by atoms with van der Waals surface area (Å²) in [5, 5.41) is 1.98. The van der Waals surface area contributed by atoms with Crippen molar-refractivity contribution in [3.8, 4) is 0 Å². The van der Waals surface area contributed by atoms with E-state index in [1.807, 2.05) is 5.06 Å².